The molecule has 3 heteroatoms. The van der Waals surface area contributed by atoms with E-state index in [1.807, 2.05) is 12.1 Å². The van der Waals surface area contributed by atoms with E-state index in [-0.39, 0.29) is 6.10 Å². The second kappa shape index (κ2) is 7.73. The molecule has 3 rings (SSSR count). The van der Waals surface area contributed by atoms with Crippen LogP contribution in [0.2, 0.25) is 0 Å². The Balaban J connectivity index is 1.67. The standard InChI is InChI=1S/C22H26O3/c1-3-4-5-6-7-15(2)25-19-9-11-21-18(14-19)13-17-12-16(22(23)24)8-10-20(17)21/h8-12,14-15H,3-7,13H2,1-2H3,(H,23,24). The molecule has 1 N–H and O–H groups in total. The molecule has 0 bridgehead atoms. The van der Waals surface area contributed by atoms with Crippen LogP contribution in [0.5, 0.6) is 5.75 Å². The lowest BCUT2D eigenvalue weighted by Crippen LogP contribution is -2.11. The molecule has 0 radical (unpaired) electrons. The molecule has 25 heavy (non-hydrogen) atoms. The number of carbonyl (C=O) groups is 1. The average molecular weight is 338 g/mol. The first-order chi connectivity index (χ1) is 12.1. The zero-order valence-corrected chi connectivity index (χ0v) is 15.0. The molecule has 132 valence electrons. The van der Waals surface area contributed by atoms with E-state index in [1.54, 1.807) is 12.1 Å². The summed E-state index contributed by atoms with van der Waals surface area (Å²) in [6.45, 7) is 4.36. The van der Waals surface area contributed by atoms with Crippen molar-refractivity contribution in [1.29, 1.82) is 0 Å². The molecule has 0 saturated carbocycles. The van der Waals surface area contributed by atoms with Gasteiger partial charge in [0.15, 0.2) is 0 Å². The Morgan fingerprint density at radius 1 is 1.08 bits per heavy atom. The molecular formula is C22H26O3. The zero-order chi connectivity index (χ0) is 17.8. The van der Waals surface area contributed by atoms with Crippen molar-refractivity contribution < 1.29 is 14.6 Å². The first kappa shape index (κ1) is 17.5. The summed E-state index contributed by atoms with van der Waals surface area (Å²) in [6, 6.07) is 11.6. The van der Waals surface area contributed by atoms with E-state index in [2.05, 4.69) is 26.0 Å². The van der Waals surface area contributed by atoms with E-state index in [9.17, 15) is 4.79 Å². The topological polar surface area (TPSA) is 46.5 Å². The van der Waals surface area contributed by atoms with Crippen LogP contribution in [0.4, 0.5) is 0 Å². The average Bonchev–Trinajstić information content (AvgIpc) is 2.95. The third-order valence-electron chi connectivity index (χ3n) is 4.90. The number of fused-ring (bicyclic) bond motifs is 3. The largest absolute Gasteiger partial charge is 0.491 e. The molecule has 1 unspecified atom stereocenters. The van der Waals surface area contributed by atoms with Crippen LogP contribution in [0.1, 0.15) is 67.4 Å². The Kier molecular flexibility index (Phi) is 5.42. The van der Waals surface area contributed by atoms with Gasteiger partial charge in [-0.25, -0.2) is 4.79 Å². The Morgan fingerprint density at radius 2 is 1.80 bits per heavy atom. The highest BCUT2D eigenvalue weighted by atomic mass is 16.5. The molecule has 0 aliphatic heterocycles. The second-order valence-electron chi connectivity index (χ2n) is 6.95. The Hall–Kier alpha value is -2.29. The lowest BCUT2D eigenvalue weighted by atomic mass is 10.0. The maximum atomic E-state index is 11.2. The molecule has 0 saturated heterocycles. The number of carboxylic acids is 1. The van der Waals surface area contributed by atoms with Crippen LogP contribution in [-0.4, -0.2) is 17.2 Å². The minimum Gasteiger partial charge on any atom is -0.491 e. The maximum Gasteiger partial charge on any atom is 0.335 e. The third kappa shape index (κ3) is 4.04. The highest BCUT2D eigenvalue weighted by molar-refractivity contribution is 5.90. The van der Waals surface area contributed by atoms with Crippen molar-refractivity contribution in [2.75, 3.05) is 0 Å². The molecule has 0 aromatic heterocycles. The molecule has 1 aliphatic carbocycles. The summed E-state index contributed by atoms with van der Waals surface area (Å²) >= 11 is 0. The van der Waals surface area contributed by atoms with Gasteiger partial charge in [-0.2, -0.15) is 0 Å². The minimum atomic E-state index is -0.875. The van der Waals surface area contributed by atoms with Gasteiger partial charge in [-0.15, -0.1) is 0 Å². The molecule has 3 nitrogen and oxygen atoms in total. The number of benzene rings is 2. The van der Waals surface area contributed by atoms with Crippen molar-refractivity contribution in [3.63, 3.8) is 0 Å². The van der Waals surface area contributed by atoms with Crippen LogP contribution < -0.4 is 4.74 Å². The van der Waals surface area contributed by atoms with Gasteiger partial charge in [0.1, 0.15) is 5.75 Å². The van der Waals surface area contributed by atoms with Gasteiger partial charge >= 0.3 is 5.97 Å². The summed E-state index contributed by atoms with van der Waals surface area (Å²) in [4.78, 5) is 11.2. The van der Waals surface area contributed by atoms with Crippen molar-refractivity contribution >= 4 is 5.97 Å². The molecule has 0 fully saturated rings. The summed E-state index contributed by atoms with van der Waals surface area (Å²) in [7, 11) is 0. The van der Waals surface area contributed by atoms with Gasteiger partial charge in [-0.3, -0.25) is 0 Å². The van der Waals surface area contributed by atoms with Crippen LogP contribution >= 0.6 is 0 Å². The van der Waals surface area contributed by atoms with E-state index >= 15 is 0 Å². The molecule has 0 amide bonds. The third-order valence-corrected chi connectivity index (χ3v) is 4.90. The fourth-order valence-corrected chi connectivity index (χ4v) is 3.54. The van der Waals surface area contributed by atoms with Crippen molar-refractivity contribution in [3.8, 4) is 16.9 Å². The monoisotopic (exact) mass is 338 g/mol. The van der Waals surface area contributed by atoms with Crippen molar-refractivity contribution in [2.45, 2.75) is 58.5 Å². The van der Waals surface area contributed by atoms with Gasteiger partial charge in [-0.05, 0) is 72.7 Å². The number of carboxylic acid groups (broad SMARTS) is 1. The Labute approximate surface area is 149 Å². The lowest BCUT2D eigenvalue weighted by molar-refractivity contribution is 0.0697. The fourth-order valence-electron chi connectivity index (χ4n) is 3.54. The minimum absolute atomic E-state index is 0.220. The van der Waals surface area contributed by atoms with Crippen molar-refractivity contribution in [1.82, 2.24) is 0 Å². The number of aromatic carboxylic acids is 1. The summed E-state index contributed by atoms with van der Waals surface area (Å²) in [5.41, 5.74) is 4.98. The quantitative estimate of drug-likeness (QED) is 0.536. The molecular weight excluding hydrogens is 312 g/mol. The van der Waals surface area contributed by atoms with Crippen molar-refractivity contribution in [3.05, 3.63) is 53.1 Å². The summed E-state index contributed by atoms with van der Waals surface area (Å²) in [5, 5.41) is 9.16. The van der Waals surface area contributed by atoms with E-state index in [1.165, 1.54) is 36.8 Å². The van der Waals surface area contributed by atoms with E-state index in [4.69, 9.17) is 9.84 Å². The number of hydrogen-bond acceptors (Lipinski definition) is 2. The first-order valence-corrected chi connectivity index (χ1v) is 9.24. The van der Waals surface area contributed by atoms with Crippen molar-refractivity contribution in [2.24, 2.45) is 0 Å². The molecule has 0 spiro atoms. The fraction of sp³-hybridized carbons (Fsp3) is 0.409. The highest BCUT2D eigenvalue weighted by Gasteiger charge is 2.20. The lowest BCUT2D eigenvalue weighted by Gasteiger charge is -2.15. The van der Waals surface area contributed by atoms with Crippen LogP contribution in [0.25, 0.3) is 11.1 Å². The van der Waals surface area contributed by atoms with E-state index in [0.29, 0.717) is 5.56 Å². The predicted molar refractivity (Wildman–Crippen MR) is 100 cm³/mol. The SMILES string of the molecule is CCCCCCC(C)Oc1ccc2c(c1)Cc1cc(C(=O)O)ccc1-2. The summed E-state index contributed by atoms with van der Waals surface area (Å²) in [5.74, 6) is 0.0349. The normalized spacial score (nSPS) is 13.2. The predicted octanol–water partition coefficient (Wildman–Crippen LogP) is 5.69. The summed E-state index contributed by atoms with van der Waals surface area (Å²) in [6.07, 6.45) is 7.11. The van der Waals surface area contributed by atoms with Gasteiger partial charge in [0.25, 0.3) is 0 Å². The van der Waals surface area contributed by atoms with Crippen LogP contribution in [0.15, 0.2) is 36.4 Å². The van der Waals surface area contributed by atoms with Gasteiger partial charge in [0, 0.05) is 0 Å². The van der Waals surface area contributed by atoms with Gasteiger partial charge in [0.2, 0.25) is 0 Å². The van der Waals surface area contributed by atoms with Crippen LogP contribution in [0, 0.1) is 0 Å². The second-order valence-corrected chi connectivity index (χ2v) is 6.95. The molecule has 1 atom stereocenters. The first-order valence-electron chi connectivity index (χ1n) is 9.24. The van der Waals surface area contributed by atoms with Crippen LogP contribution in [-0.2, 0) is 6.42 Å². The molecule has 0 heterocycles. The number of rotatable bonds is 8. The number of unbranched alkanes of at least 4 members (excludes halogenated alkanes) is 3. The smallest absolute Gasteiger partial charge is 0.335 e. The summed E-state index contributed by atoms with van der Waals surface area (Å²) < 4.78 is 6.09. The highest BCUT2D eigenvalue weighted by Crippen LogP contribution is 2.39. The zero-order valence-electron chi connectivity index (χ0n) is 15.0. The van der Waals surface area contributed by atoms with Gasteiger partial charge in [-0.1, -0.05) is 38.3 Å². The van der Waals surface area contributed by atoms with Crippen LogP contribution in [0.3, 0.4) is 0 Å². The van der Waals surface area contributed by atoms with Gasteiger partial charge < -0.3 is 9.84 Å². The molecule has 2 aromatic carbocycles. The maximum absolute atomic E-state index is 11.2. The molecule has 1 aliphatic rings. The van der Waals surface area contributed by atoms with E-state index < -0.39 is 5.97 Å². The number of ether oxygens (including phenoxy) is 1. The number of hydrogen-bond donors (Lipinski definition) is 1. The van der Waals surface area contributed by atoms with Gasteiger partial charge in [0.05, 0.1) is 11.7 Å². The van der Waals surface area contributed by atoms with E-state index in [0.717, 1.165) is 29.7 Å². The Bertz CT molecular complexity index is 764. The Morgan fingerprint density at radius 3 is 2.52 bits per heavy atom. The molecule has 2 aromatic rings.